The lowest BCUT2D eigenvalue weighted by molar-refractivity contribution is -0.385. The molecule has 0 heterocycles. The number of rotatable bonds is 8. The topological polar surface area (TPSA) is 93.8 Å². The standard InChI is InChI=1S/C22H17BrFN3O4/c23-19-11-15(8-9-21(19)31-14-16-4-3-6-18(24)10-16)13-25-26-22(28)12-17-5-1-2-7-20(17)27(29)30/h1-11,13H,12,14H2,(H,26,28)/b25-13+. The number of hydrogen-bond donors (Lipinski definition) is 1. The molecule has 3 aromatic rings. The van der Waals surface area contributed by atoms with Crippen LogP contribution >= 0.6 is 15.9 Å². The number of nitro benzene ring substituents is 1. The molecule has 0 bridgehead atoms. The summed E-state index contributed by atoms with van der Waals surface area (Å²) in [6.45, 7) is 0.214. The summed E-state index contributed by atoms with van der Waals surface area (Å²) in [6.07, 6.45) is 1.28. The van der Waals surface area contributed by atoms with Crippen molar-refractivity contribution in [2.75, 3.05) is 0 Å². The Morgan fingerprint density at radius 1 is 1.16 bits per heavy atom. The van der Waals surface area contributed by atoms with Crippen LogP contribution in [0.4, 0.5) is 10.1 Å². The minimum absolute atomic E-state index is 0.112. The normalized spacial score (nSPS) is 10.8. The van der Waals surface area contributed by atoms with E-state index < -0.39 is 10.8 Å². The number of nitro groups is 1. The fourth-order valence-electron chi connectivity index (χ4n) is 2.73. The fraction of sp³-hybridized carbons (Fsp3) is 0.0909. The minimum atomic E-state index is -0.526. The third-order valence-corrected chi connectivity index (χ3v) is 4.80. The molecule has 31 heavy (non-hydrogen) atoms. The zero-order valence-corrected chi connectivity index (χ0v) is 17.7. The summed E-state index contributed by atoms with van der Waals surface area (Å²) in [5.41, 5.74) is 3.95. The van der Waals surface area contributed by atoms with E-state index in [1.165, 1.54) is 30.5 Å². The molecule has 7 nitrogen and oxygen atoms in total. The Morgan fingerprint density at radius 3 is 2.71 bits per heavy atom. The van der Waals surface area contributed by atoms with Crippen LogP contribution in [0.1, 0.15) is 16.7 Å². The molecular weight excluding hydrogens is 469 g/mol. The van der Waals surface area contributed by atoms with Gasteiger partial charge in [-0.1, -0.05) is 30.3 Å². The monoisotopic (exact) mass is 485 g/mol. The van der Waals surface area contributed by atoms with Gasteiger partial charge in [-0.05, 0) is 57.4 Å². The van der Waals surface area contributed by atoms with Crippen LogP contribution in [0.15, 0.2) is 76.3 Å². The highest BCUT2D eigenvalue weighted by Crippen LogP contribution is 2.26. The van der Waals surface area contributed by atoms with Crippen LogP contribution in [0, 0.1) is 15.9 Å². The minimum Gasteiger partial charge on any atom is -0.488 e. The second-order valence-electron chi connectivity index (χ2n) is 6.46. The predicted molar refractivity (Wildman–Crippen MR) is 117 cm³/mol. The van der Waals surface area contributed by atoms with E-state index in [1.807, 2.05) is 0 Å². The third-order valence-electron chi connectivity index (χ3n) is 4.18. The predicted octanol–water partition coefficient (Wildman–Crippen LogP) is 4.77. The van der Waals surface area contributed by atoms with Crippen LogP contribution in [0.25, 0.3) is 0 Å². The maximum atomic E-state index is 13.2. The van der Waals surface area contributed by atoms with Crippen LogP contribution in [-0.2, 0) is 17.8 Å². The Labute approximate surface area is 185 Å². The first-order chi connectivity index (χ1) is 14.9. The van der Waals surface area contributed by atoms with E-state index in [1.54, 1.807) is 42.5 Å². The quantitative estimate of drug-likeness (QED) is 0.282. The van der Waals surface area contributed by atoms with Crippen molar-refractivity contribution in [1.82, 2.24) is 5.43 Å². The van der Waals surface area contributed by atoms with E-state index in [0.29, 0.717) is 26.9 Å². The summed E-state index contributed by atoms with van der Waals surface area (Å²) in [7, 11) is 0. The average Bonchev–Trinajstić information content (AvgIpc) is 2.73. The van der Waals surface area contributed by atoms with Gasteiger partial charge in [-0.25, -0.2) is 9.82 Å². The van der Waals surface area contributed by atoms with Crippen molar-refractivity contribution in [2.24, 2.45) is 5.10 Å². The van der Waals surface area contributed by atoms with E-state index in [4.69, 9.17) is 4.74 Å². The lowest BCUT2D eigenvalue weighted by Gasteiger charge is -2.09. The van der Waals surface area contributed by atoms with E-state index >= 15 is 0 Å². The van der Waals surface area contributed by atoms with Gasteiger partial charge in [-0.3, -0.25) is 14.9 Å². The van der Waals surface area contributed by atoms with Crippen molar-refractivity contribution in [3.8, 4) is 5.75 Å². The SMILES string of the molecule is O=C(Cc1ccccc1[N+](=O)[O-])N/N=C/c1ccc(OCc2cccc(F)c2)c(Br)c1. The van der Waals surface area contributed by atoms with Crippen molar-refractivity contribution in [2.45, 2.75) is 13.0 Å². The third kappa shape index (κ3) is 6.45. The van der Waals surface area contributed by atoms with E-state index in [0.717, 1.165) is 0 Å². The molecule has 1 N–H and O–H groups in total. The molecule has 3 rings (SSSR count). The second-order valence-corrected chi connectivity index (χ2v) is 7.32. The summed E-state index contributed by atoms with van der Waals surface area (Å²) in [5, 5.41) is 14.9. The van der Waals surface area contributed by atoms with Crippen molar-refractivity contribution >= 4 is 33.7 Å². The first kappa shape index (κ1) is 22.1. The van der Waals surface area contributed by atoms with Crippen molar-refractivity contribution < 1.29 is 18.8 Å². The molecule has 1 amide bonds. The maximum Gasteiger partial charge on any atom is 0.273 e. The molecule has 3 aromatic carbocycles. The molecule has 0 aliphatic heterocycles. The lowest BCUT2D eigenvalue weighted by atomic mass is 10.1. The Kier molecular flexibility index (Phi) is 7.45. The van der Waals surface area contributed by atoms with Gasteiger partial charge in [0.1, 0.15) is 18.2 Å². The number of hydrogen-bond acceptors (Lipinski definition) is 5. The number of amides is 1. The number of para-hydroxylation sites is 1. The number of carbonyl (C=O) groups is 1. The lowest BCUT2D eigenvalue weighted by Crippen LogP contribution is -2.20. The summed E-state index contributed by atoms with van der Waals surface area (Å²) in [6, 6.07) is 17.4. The largest absolute Gasteiger partial charge is 0.488 e. The molecular formula is C22H17BrFN3O4. The molecule has 0 atom stereocenters. The Hall–Kier alpha value is -3.59. The van der Waals surface area contributed by atoms with Crippen LogP contribution in [-0.4, -0.2) is 17.0 Å². The van der Waals surface area contributed by atoms with E-state index in [-0.39, 0.29) is 24.5 Å². The number of halogens is 2. The Bertz CT molecular complexity index is 1140. The number of nitrogens with zero attached hydrogens (tertiary/aromatic N) is 2. The van der Waals surface area contributed by atoms with Gasteiger partial charge in [0.15, 0.2) is 0 Å². The summed E-state index contributed by atoms with van der Waals surface area (Å²) in [4.78, 5) is 22.5. The molecule has 0 unspecified atom stereocenters. The summed E-state index contributed by atoms with van der Waals surface area (Å²) in [5.74, 6) is -0.225. The van der Waals surface area contributed by atoms with Gasteiger partial charge in [0, 0.05) is 11.6 Å². The molecule has 0 saturated heterocycles. The van der Waals surface area contributed by atoms with Crippen molar-refractivity contribution in [3.63, 3.8) is 0 Å². The molecule has 0 aliphatic rings. The molecule has 158 valence electrons. The van der Waals surface area contributed by atoms with Gasteiger partial charge < -0.3 is 4.74 Å². The highest BCUT2D eigenvalue weighted by atomic mass is 79.9. The van der Waals surface area contributed by atoms with Gasteiger partial charge in [-0.15, -0.1) is 0 Å². The smallest absolute Gasteiger partial charge is 0.273 e. The Balaban J connectivity index is 1.56. The van der Waals surface area contributed by atoms with Crippen LogP contribution in [0.5, 0.6) is 5.75 Å². The molecule has 0 spiro atoms. The van der Waals surface area contributed by atoms with Gasteiger partial charge in [0.25, 0.3) is 5.69 Å². The van der Waals surface area contributed by atoms with Gasteiger partial charge >= 0.3 is 0 Å². The fourth-order valence-corrected chi connectivity index (χ4v) is 3.24. The zero-order valence-electron chi connectivity index (χ0n) is 16.1. The van der Waals surface area contributed by atoms with E-state index in [2.05, 4.69) is 26.5 Å². The summed E-state index contributed by atoms with van der Waals surface area (Å²) < 4.78 is 19.6. The van der Waals surface area contributed by atoms with E-state index in [9.17, 15) is 19.3 Å². The maximum absolute atomic E-state index is 13.2. The van der Waals surface area contributed by atoms with Crippen LogP contribution < -0.4 is 10.2 Å². The molecule has 0 radical (unpaired) electrons. The zero-order chi connectivity index (χ0) is 22.2. The highest BCUT2D eigenvalue weighted by Gasteiger charge is 2.15. The summed E-state index contributed by atoms with van der Waals surface area (Å²) >= 11 is 3.41. The number of benzene rings is 3. The first-order valence-corrected chi connectivity index (χ1v) is 9.92. The highest BCUT2D eigenvalue weighted by molar-refractivity contribution is 9.10. The Morgan fingerprint density at radius 2 is 1.97 bits per heavy atom. The average molecular weight is 486 g/mol. The first-order valence-electron chi connectivity index (χ1n) is 9.13. The number of nitrogens with one attached hydrogen (secondary N) is 1. The van der Waals surface area contributed by atoms with Gasteiger partial charge in [0.05, 0.1) is 22.0 Å². The van der Waals surface area contributed by atoms with Crippen LogP contribution in [0.2, 0.25) is 0 Å². The van der Waals surface area contributed by atoms with Gasteiger partial charge in [0.2, 0.25) is 5.91 Å². The number of hydrazone groups is 1. The number of ether oxygens (including phenoxy) is 1. The molecule has 0 saturated carbocycles. The van der Waals surface area contributed by atoms with Crippen molar-refractivity contribution in [1.29, 1.82) is 0 Å². The molecule has 9 heteroatoms. The second kappa shape index (κ2) is 10.4. The molecule has 0 fully saturated rings. The molecule has 0 aliphatic carbocycles. The van der Waals surface area contributed by atoms with Gasteiger partial charge in [-0.2, -0.15) is 5.10 Å². The van der Waals surface area contributed by atoms with Crippen LogP contribution in [0.3, 0.4) is 0 Å². The van der Waals surface area contributed by atoms with Crippen molar-refractivity contribution in [3.05, 3.63) is 104 Å². The molecule has 0 aromatic heterocycles. The number of carbonyl (C=O) groups excluding carboxylic acids is 1.